The van der Waals surface area contributed by atoms with Crippen LogP contribution in [0.4, 0.5) is 4.39 Å². The van der Waals surface area contributed by atoms with Crippen LogP contribution in [0.3, 0.4) is 0 Å². The number of hydrogen-bond donors (Lipinski definition) is 1. The SMILES string of the molecule is CC[C@@H](C)NC(=O)[C@@H](Cc1ccccc1)N(Cc1ccccc1F)C(=O)CSCc1cc(C)cc(C)c1. The molecule has 1 N–H and O–H groups in total. The zero-order valence-corrected chi connectivity index (χ0v) is 23.0. The van der Waals surface area contributed by atoms with E-state index in [1.165, 1.54) is 29.0 Å². The maximum Gasteiger partial charge on any atom is 0.243 e. The van der Waals surface area contributed by atoms with Gasteiger partial charge >= 0.3 is 0 Å². The van der Waals surface area contributed by atoms with E-state index in [0.717, 1.165) is 17.5 Å². The highest BCUT2D eigenvalue weighted by Crippen LogP contribution is 2.21. The summed E-state index contributed by atoms with van der Waals surface area (Å²) in [5, 5.41) is 3.05. The molecule has 2 atom stereocenters. The predicted octanol–water partition coefficient (Wildman–Crippen LogP) is 6.23. The van der Waals surface area contributed by atoms with Gasteiger partial charge in [0.2, 0.25) is 11.8 Å². The summed E-state index contributed by atoms with van der Waals surface area (Å²) in [5.41, 5.74) is 4.87. The maximum atomic E-state index is 14.7. The normalized spacial score (nSPS) is 12.6. The van der Waals surface area contributed by atoms with Gasteiger partial charge in [-0.15, -0.1) is 11.8 Å². The van der Waals surface area contributed by atoms with Gasteiger partial charge in [-0.2, -0.15) is 0 Å². The number of hydrogen-bond acceptors (Lipinski definition) is 3. The molecule has 3 aromatic carbocycles. The van der Waals surface area contributed by atoms with E-state index in [1.807, 2.05) is 44.2 Å². The lowest BCUT2D eigenvalue weighted by Gasteiger charge is -2.32. The average molecular weight is 521 g/mol. The summed E-state index contributed by atoms with van der Waals surface area (Å²) >= 11 is 1.51. The van der Waals surface area contributed by atoms with Gasteiger partial charge in [-0.3, -0.25) is 9.59 Å². The fourth-order valence-corrected chi connectivity index (χ4v) is 5.14. The fourth-order valence-electron chi connectivity index (χ4n) is 4.30. The standard InChI is InChI=1S/C31H37FN2O2S/c1-5-24(4)33-31(36)29(18-25-11-7-6-8-12-25)34(19-27-13-9-10-14-28(27)32)30(35)21-37-20-26-16-22(2)15-23(3)17-26/h6-17,24,29H,5,18-21H2,1-4H3,(H,33,36)/t24-,29-/m1/s1. The Labute approximate surface area is 224 Å². The van der Waals surface area contributed by atoms with Crippen LogP contribution in [0.2, 0.25) is 0 Å². The summed E-state index contributed by atoms with van der Waals surface area (Å²) < 4.78 is 14.7. The molecule has 0 unspecified atom stereocenters. The lowest BCUT2D eigenvalue weighted by molar-refractivity contribution is -0.139. The Hall–Kier alpha value is -3.12. The van der Waals surface area contributed by atoms with Gasteiger partial charge < -0.3 is 10.2 Å². The summed E-state index contributed by atoms with van der Waals surface area (Å²) in [6.45, 7) is 8.10. The molecule has 0 saturated carbocycles. The lowest BCUT2D eigenvalue weighted by atomic mass is 10.0. The van der Waals surface area contributed by atoms with Crippen molar-refractivity contribution in [3.8, 4) is 0 Å². The molecule has 0 aliphatic rings. The Morgan fingerprint density at radius 3 is 2.24 bits per heavy atom. The molecular weight excluding hydrogens is 483 g/mol. The first-order valence-corrected chi connectivity index (χ1v) is 13.9. The summed E-state index contributed by atoms with van der Waals surface area (Å²) in [6.07, 6.45) is 1.13. The Morgan fingerprint density at radius 1 is 0.946 bits per heavy atom. The Balaban J connectivity index is 1.87. The largest absolute Gasteiger partial charge is 0.352 e. The molecule has 0 aromatic heterocycles. The molecule has 0 aliphatic carbocycles. The number of aryl methyl sites for hydroxylation is 2. The topological polar surface area (TPSA) is 49.4 Å². The van der Waals surface area contributed by atoms with Gasteiger partial charge in [0, 0.05) is 30.3 Å². The number of rotatable bonds is 12. The summed E-state index contributed by atoms with van der Waals surface area (Å²) in [4.78, 5) is 28.7. The second-order valence-corrected chi connectivity index (χ2v) is 10.6. The molecule has 37 heavy (non-hydrogen) atoms. The molecule has 0 heterocycles. The molecule has 0 aliphatic heterocycles. The minimum atomic E-state index is -0.759. The van der Waals surface area contributed by atoms with Crippen LogP contribution in [0.5, 0.6) is 0 Å². The van der Waals surface area contributed by atoms with Gasteiger partial charge in [-0.25, -0.2) is 4.39 Å². The first-order chi connectivity index (χ1) is 17.8. The van der Waals surface area contributed by atoms with E-state index in [2.05, 4.69) is 37.4 Å². The quantitative estimate of drug-likeness (QED) is 0.308. The highest BCUT2D eigenvalue weighted by atomic mass is 32.2. The molecule has 6 heteroatoms. The average Bonchev–Trinajstić information content (AvgIpc) is 2.87. The van der Waals surface area contributed by atoms with Crippen LogP contribution in [0.1, 0.15) is 48.1 Å². The number of halogens is 1. The number of nitrogens with zero attached hydrogens (tertiary/aromatic N) is 1. The van der Waals surface area contributed by atoms with Crippen molar-refractivity contribution in [2.75, 3.05) is 5.75 Å². The molecule has 196 valence electrons. The number of carbonyl (C=O) groups is 2. The second-order valence-electron chi connectivity index (χ2n) is 9.63. The van der Waals surface area contributed by atoms with Crippen LogP contribution in [0.25, 0.3) is 0 Å². The van der Waals surface area contributed by atoms with Crippen molar-refractivity contribution in [2.45, 2.75) is 64.9 Å². The minimum absolute atomic E-state index is 0.0288. The van der Waals surface area contributed by atoms with Crippen LogP contribution in [0.15, 0.2) is 72.8 Å². The van der Waals surface area contributed by atoms with Crippen molar-refractivity contribution in [2.24, 2.45) is 0 Å². The molecule has 3 rings (SSSR count). The highest BCUT2D eigenvalue weighted by molar-refractivity contribution is 7.99. The van der Waals surface area contributed by atoms with E-state index in [0.29, 0.717) is 17.7 Å². The van der Waals surface area contributed by atoms with Crippen molar-refractivity contribution < 1.29 is 14.0 Å². The smallest absolute Gasteiger partial charge is 0.243 e. The number of nitrogens with one attached hydrogen (secondary N) is 1. The summed E-state index contributed by atoms with van der Waals surface area (Å²) in [6, 6.07) is 21.7. The van der Waals surface area contributed by atoms with Crippen LogP contribution in [-0.2, 0) is 28.3 Å². The zero-order chi connectivity index (χ0) is 26.8. The Bertz CT molecular complexity index is 1160. The molecule has 0 saturated heterocycles. The van der Waals surface area contributed by atoms with Crippen molar-refractivity contribution in [1.82, 2.24) is 10.2 Å². The number of thioether (sulfide) groups is 1. The maximum absolute atomic E-state index is 14.7. The first kappa shape index (κ1) is 28.5. The molecule has 4 nitrogen and oxygen atoms in total. The molecule has 0 spiro atoms. The zero-order valence-electron chi connectivity index (χ0n) is 22.2. The van der Waals surface area contributed by atoms with Gasteiger partial charge in [0.25, 0.3) is 0 Å². The van der Waals surface area contributed by atoms with Crippen LogP contribution < -0.4 is 5.32 Å². The van der Waals surface area contributed by atoms with E-state index >= 15 is 0 Å². The molecular formula is C31H37FN2O2S. The third-order valence-electron chi connectivity index (χ3n) is 6.35. The summed E-state index contributed by atoms with van der Waals surface area (Å²) in [7, 11) is 0. The van der Waals surface area contributed by atoms with E-state index < -0.39 is 6.04 Å². The Kier molecular flexibility index (Phi) is 10.8. The molecule has 0 radical (unpaired) electrons. The van der Waals surface area contributed by atoms with E-state index in [9.17, 15) is 14.0 Å². The van der Waals surface area contributed by atoms with Crippen molar-refractivity contribution >= 4 is 23.6 Å². The predicted molar refractivity (Wildman–Crippen MR) is 151 cm³/mol. The van der Waals surface area contributed by atoms with E-state index in [1.54, 1.807) is 23.1 Å². The summed E-state index contributed by atoms with van der Waals surface area (Å²) in [5.74, 6) is 0.0946. The van der Waals surface area contributed by atoms with E-state index in [4.69, 9.17) is 0 Å². The first-order valence-electron chi connectivity index (χ1n) is 12.8. The van der Waals surface area contributed by atoms with Crippen molar-refractivity contribution in [3.63, 3.8) is 0 Å². The van der Waals surface area contributed by atoms with Gasteiger partial charge in [0.15, 0.2) is 0 Å². The molecule has 3 aromatic rings. The molecule has 2 amide bonds. The minimum Gasteiger partial charge on any atom is -0.352 e. The fraction of sp³-hybridized carbons (Fsp3) is 0.355. The van der Waals surface area contributed by atoms with E-state index in [-0.39, 0.29) is 36.0 Å². The second kappa shape index (κ2) is 14.0. The number of carbonyl (C=O) groups excluding carboxylic acids is 2. The van der Waals surface area contributed by atoms with Crippen LogP contribution in [-0.4, -0.2) is 34.6 Å². The monoisotopic (exact) mass is 520 g/mol. The number of amides is 2. The lowest BCUT2D eigenvalue weighted by Crippen LogP contribution is -2.52. The Morgan fingerprint density at radius 2 is 1.59 bits per heavy atom. The van der Waals surface area contributed by atoms with Crippen LogP contribution >= 0.6 is 11.8 Å². The third kappa shape index (κ3) is 8.74. The van der Waals surface area contributed by atoms with Crippen molar-refractivity contribution in [1.29, 1.82) is 0 Å². The van der Waals surface area contributed by atoms with Gasteiger partial charge in [0.05, 0.1) is 5.75 Å². The van der Waals surface area contributed by atoms with Gasteiger partial charge in [-0.1, -0.05) is 84.8 Å². The van der Waals surface area contributed by atoms with Crippen molar-refractivity contribution in [3.05, 3.63) is 106 Å². The highest BCUT2D eigenvalue weighted by Gasteiger charge is 2.31. The van der Waals surface area contributed by atoms with Gasteiger partial charge in [-0.05, 0) is 44.4 Å². The molecule has 0 fully saturated rings. The molecule has 0 bridgehead atoms. The van der Waals surface area contributed by atoms with Crippen LogP contribution in [0, 0.1) is 19.7 Å². The van der Waals surface area contributed by atoms with Gasteiger partial charge in [0.1, 0.15) is 11.9 Å². The third-order valence-corrected chi connectivity index (χ3v) is 7.33. The number of benzene rings is 3.